The molecule has 0 aliphatic rings. The van der Waals surface area contributed by atoms with Gasteiger partial charge >= 0.3 is 0 Å². The third-order valence-corrected chi connectivity index (χ3v) is 3.32. The Bertz CT molecular complexity index is 817. The molecular formula is C13H11ClN4O. The fraction of sp³-hybridized carbons (Fsp3) is 0.154. The third kappa shape index (κ3) is 1.82. The van der Waals surface area contributed by atoms with Gasteiger partial charge in [-0.3, -0.25) is 9.48 Å². The van der Waals surface area contributed by atoms with Crippen molar-refractivity contribution in [1.82, 2.24) is 19.6 Å². The van der Waals surface area contributed by atoms with Crippen LogP contribution in [0.4, 0.5) is 0 Å². The van der Waals surface area contributed by atoms with Gasteiger partial charge in [0.05, 0.1) is 17.1 Å². The topological polar surface area (TPSA) is 52.7 Å². The van der Waals surface area contributed by atoms with Gasteiger partial charge in [0.2, 0.25) is 0 Å². The maximum atomic E-state index is 12.2. The smallest absolute Gasteiger partial charge is 0.267 e. The predicted octanol–water partition coefficient (Wildman–Crippen LogP) is 1.99. The first-order valence-corrected chi connectivity index (χ1v) is 6.10. The van der Waals surface area contributed by atoms with Crippen LogP contribution in [-0.2, 0) is 14.1 Å². The van der Waals surface area contributed by atoms with Crippen LogP contribution in [0.15, 0.2) is 35.3 Å². The number of aryl methyl sites for hydroxylation is 2. The molecule has 0 N–H and O–H groups in total. The summed E-state index contributed by atoms with van der Waals surface area (Å²) in [5.41, 5.74) is 2.07. The highest BCUT2D eigenvalue weighted by atomic mass is 35.5. The lowest BCUT2D eigenvalue weighted by atomic mass is 10.1. The maximum Gasteiger partial charge on any atom is 0.278 e. The molecule has 0 atom stereocenters. The Morgan fingerprint density at radius 1 is 1.11 bits per heavy atom. The van der Waals surface area contributed by atoms with Gasteiger partial charge in [-0.25, -0.2) is 4.68 Å². The van der Waals surface area contributed by atoms with Gasteiger partial charge in [-0.15, -0.1) is 0 Å². The number of halogens is 1. The molecule has 0 bridgehead atoms. The van der Waals surface area contributed by atoms with E-state index in [4.69, 9.17) is 11.6 Å². The lowest BCUT2D eigenvalue weighted by Crippen LogP contribution is -2.19. The van der Waals surface area contributed by atoms with Crippen molar-refractivity contribution in [2.45, 2.75) is 0 Å². The number of aromatic nitrogens is 4. The lowest BCUT2D eigenvalue weighted by molar-refractivity contribution is 0.713. The maximum absolute atomic E-state index is 12.2. The fourth-order valence-corrected chi connectivity index (χ4v) is 2.19. The molecule has 96 valence electrons. The van der Waals surface area contributed by atoms with Gasteiger partial charge in [-0.2, -0.15) is 10.2 Å². The molecule has 19 heavy (non-hydrogen) atoms. The standard InChI is InChI=1S/C13H11ClN4O/c1-17-10-7-15-18(2)13(19)11(10)12(16-17)8-3-5-9(14)6-4-8/h3-7H,1-2H3. The van der Waals surface area contributed by atoms with E-state index in [1.165, 1.54) is 4.68 Å². The summed E-state index contributed by atoms with van der Waals surface area (Å²) >= 11 is 5.88. The summed E-state index contributed by atoms with van der Waals surface area (Å²) in [5, 5.41) is 9.65. The largest absolute Gasteiger partial charge is 0.278 e. The Labute approximate surface area is 114 Å². The summed E-state index contributed by atoms with van der Waals surface area (Å²) in [6, 6.07) is 7.26. The lowest BCUT2D eigenvalue weighted by Gasteiger charge is -1.99. The average Bonchev–Trinajstić information content (AvgIpc) is 2.73. The van der Waals surface area contributed by atoms with E-state index in [1.54, 1.807) is 37.1 Å². The highest BCUT2D eigenvalue weighted by molar-refractivity contribution is 6.30. The van der Waals surface area contributed by atoms with Crippen LogP contribution in [-0.4, -0.2) is 19.6 Å². The van der Waals surface area contributed by atoms with Gasteiger partial charge in [0, 0.05) is 24.7 Å². The minimum absolute atomic E-state index is 0.157. The Hall–Kier alpha value is -2.14. The molecule has 0 radical (unpaired) electrons. The second kappa shape index (κ2) is 4.20. The summed E-state index contributed by atoms with van der Waals surface area (Å²) in [5.74, 6) is 0. The van der Waals surface area contributed by atoms with Crippen LogP contribution in [0.2, 0.25) is 5.02 Å². The monoisotopic (exact) mass is 274 g/mol. The van der Waals surface area contributed by atoms with Crippen LogP contribution >= 0.6 is 11.6 Å². The van der Waals surface area contributed by atoms with Crippen molar-refractivity contribution in [3.05, 3.63) is 45.8 Å². The first kappa shape index (κ1) is 11.9. The highest BCUT2D eigenvalue weighted by Gasteiger charge is 2.15. The van der Waals surface area contributed by atoms with Crippen LogP contribution < -0.4 is 5.56 Å². The van der Waals surface area contributed by atoms with Gasteiger partial charge < -0.3 is 0 Å². The number of fused-ring (bicyclic) bond motifs is 1. The molecule has 0 saturated carbocycles. The Morgan fingerprint density at radius 3 is 2.47 bits per heavy atom. The molecule has 2 heterocycles. The van der Waals surface area contributed by atoms with Crippen molar-refractivity contribution in [3.8, 4) is 11.3 Å². The van der Waals surface area contributed by atoms with Crippen LogP contribution in [0.1, 0.15) is 0 Å². The molecule has 6 heteroatoms. The second-order valence-electron chi connectivity index (χ2n) is 4.31. The molecular weight excluding hydrogens is 264 g/mol. The van der Waals surface area contributed by atoms with E-state index in [9.17, 15) is 4.79 Å². The summed E-state index contributed by atoms with van der Waals surface area (Å²) in [7, 11) is 3.42. The molecule has 0 unspecified atom stereocenters. The molecule has 3 rings (SSSR count). The molecule has 2 aromatic heterocycles. The molecule has 5 nitrogen and oxygen atoms in total. The highest BCUT2D eigenvalue weighted by Crippen LogP contribution is 2.25. The van der Waals surface area contributed by atoms with E-state index < -0.39 is 0 Å². The first-order valence-electron chi connectivity index (χ1n) is 5.73. The zero-order valence-electron chi connectivity index (χ0n) is 10.5. The van der Waals surface area contributed by atoms with Crippen LogP contribution in [0.5, 0.6) is 0 Å². The molecule has 0 fully saturated rings. The number of rotatable bonds is 1. The van der Waals surface area contributed by atoms with E-state index >= 15 is 0 Å². The SMILES string of the molecule is Cn1ncc2c(c(-c3ccc(Cl)cc3)nn2C)c1=O. The van der Waals surface area contributed by atoms with E-state index in [0.717, 1.165) is 5.56 Å². The Kier molecular flexibility index (Phi) is 2.64. The Morgan fingerprint density at radius 2 is 1.79 bits per heavy atom. The summed E-state index contributed by atoms with van der Waals surface area (Å²) in [6.45, 7) is 0. The summed E-state index contributed by atoms with van der Waals surface area (Å²) in [6.07, 6.45) is 1.64. The van der Waals surface area contributed by atoms with E-state index in [2.05, 4.69) is 10.2 Å². The van der Waals surface area contributed by atoms with Crippen molar-refractivity contribution in [2.24, 2.45) is 14.1 Å². The van der Waals surface area contributed by atoms with Gasteiger partial charge in [-0.1, -0.05) is 23.7 Å². The Balaban J connectivity index is 2.39. The average molecular weight is 275 g/mol. The third-order valence-electron chi connectivity index (χ3n) is 3.07. The van der Waals surface area contributed by atoms with Crippen molar-refractivity contribution in [1.29, 1.82) is 0 Å². The van der Waals surface area contributed by atoms with E-state index in [-0.39, 0.29) is 5.56 Å². The minimum Gasteiger partial charge on any atom is -0.267 e. The van der Waals surface area contributed by atoms with Crippen LogP contribution in [0, 0.1) is 0 Å². The molecule has 3 aromatic rings. The predicted molar refractivity (Wildman–Crippen MR) is 74.2 cm³/mol. The molecule has 0 saturated heterocycles. The summed E-state index contributed by atoms with van der Waals surface area (Å²) < 4.78 is 2.97. The van der Waals surface area contributed by atoms with Crippen LogP contribution in [0.3, 0.4) is 0 Å². The zero-order valence-corrected chi connectivity index (χ0v) is 11.2. The molecule has 0 amide bonds. The minimum atomic E-state index is -0.157. The summed E-state index contributed by atoms with van der Waals surface area (Å²) in [4.78, 5) is 12.2. The van der Waals surface area contributed by atoms with Crippen LogP contribution in [0.25, 0.3) is 22.2 Å². The first-order chi connectivity index (χ1) is 9.08. The van der Waals surface area contributed by atoms with Gasteiger partial charge in [0.15, 0.2) is 0 Å². The van der Waals surface area contributed by atoms with Crippen molar-refractivity contribution >= 4 is 22.5 Å². The van der Waals surface area contributed by atoms with Gasteiger partial charge in [-0.05, 0) is 12.1 Å². The fourth-order valence-electron chi connectivity index (χ4n) is 2.06. The quantitative estimate of drug-likeness (QED) is 0.682. The van der Waals surface area contributed by atoms with Gasteiger partial charge in [0.1, 0.15) is 5.69 Å². The number of benzene rings is 1. The second-order valence-corrected chi connectivity index (χ2v) is 4.75. The number of hydrogen-bond donors (Lipinski definition) is 0. The van der Waals surface area contributed by atoms with E-state index in [0.29, 0.717) is 21.6 Å². The molecule has 0 aliphatic heterocycles. The number of nitrogens with zero attached hydrogens (tertiary/aromatic N) is 4. The van der Waals surface area contributed by atoms with Crippen molar-refractivity contribution in [2.75, 3.05) is 0 Å². The molecule has 0 aliphatic carbocycles. The van der Waals surface area contributed by atoms with Gasteiger partial charge in [0.25, 0.3) is 5.56 Å². The zero-order chi connectivity index (χ0) is 13.6. The molecule has 1 aromatic carbocycles. The molecule has 0 spiro atoms. The van der Waals surface area contributed by atoms with Crippen molar-refractivity contribution < 1.29 is 0 Å². The van der Waals surface area contributed by atoms with E-state index in [1.807, 2.05) is 12.1 Å². The van der Waals surface area contributed by atoms with Crippen molar-refractivity contribution in [3.63, 3.8) is 0 Å². The normalized spacial score (nSPS) is 11.1. The number of hydrogen-bond acceptors (Lipinski definition) is 3.